The molecule has 0 saturated heterocycles. The number of carbonyl (C=O) groups excluding carboxylic acids is 2. The first-order valence-corrected chi connectivity index (χ1v) is 14.9. The molecule has 0 atom stereocenters. The molecule has 0 aliphatic carbocycles. The van der Waals surface area contributed by atoms with E-state index in [-0.39, 0.29) is 13.2 Å². The highest BCUT2D eigenvalue weighted by molar-refractivity contribution is 5.80. The van der Waals surface area contributed by atoms with Gasteiger partial charge in [-0.25, -0.2) is 33.6 Å². The second-order valence-corrected chi connectivity index (χ2v) is 9.57. The van der Waals surface area contributed by atoms with E-state index >= 15 is 0 Å². The summed E-state index contributed by atoms with van der Waals surface area (Å²) < 4.78 is 5.15. The summed E-state index contributed by atoms with van der Waals surface area (Å²) in [5.41, 5.74) is -2.32. The fraction of sp³-hybridized carbons (Fsp3) is 0.485. The third-order valence-corrected chi connectivity index (χ3v) is 5.17. The molecule has 21 nitrogen and oxygen atoms in total. The standard InChI is InChI=1S/C10H22O7.C8H12N2O2.5C3H4O2/c11-1-9(2-12,3-13)7-17-8-10(4-14,5-15)6-16;1-2-3-4-5-8(9-6-11)10-7-12;5*1-2-3(4)5/h11-16H,1-8H2;8H,2-5H2,1H3;5*2H,1H2,(H,4,5). The van der Waals surface area contributed by atoms with Gasteiger partial charge in [-0.1, -0.05) is 52.7 Å². The second kappa shape index (κ2) is 47.5. The molecule has 0 spiro atoms. The minimum Gasteiger partial charge on any atom is -0.478 e. The lowest BCUT2D eigenvalue weighted by Gasteiger charge is -2.31. The number of isocyanates is 2. The third kappa shape index (κ3) is 55.9. The van der Waals surface area contributed by atoms with Crippen LogP contribution < -0.4 is 0 Å². The Balaban J connectivity index is -0.000000104. The number of hydrogen-bond acceptors (Lipinski definition) is 16. The van der Waals surface area contributed by atoms with Crippen molar-refractivity contribution in [3.8, 4) is 0 Å². The summed E-state index contributed by atoms with van der Waals surface area (Å²) in [7, 11) is 0. The van der Waals surface area contributed by atoms with Crippen LogP contribution in [-0.2, 0) is 38.3 Å². The molecule has 0 heterocycles. The average molecular weight is 783 g/mol. The minimum atomic E-state index is -1.16. The van der Waals surface area contributed by atoms with Crippen LogP contribution in [0.2, 0.25) is 0 Å². The second-order valence-electron chi connectivity index (χ2n) is 9.57. The van der Waals surface area contributed by atoms with Gasteiger partial charge in [0.25, 0.3) is 0 Å². The van der Waals surface area contributed by atoms with E-state index in [1.54, 1.807) is 0 Å². The molecule has 0 amide bonds. The number of aliphatic carboxylic acids is 5. The van der Waals surface area contributed by atoms with E-state index in [0.717, 1.165) is 49.6 Å². The number of hydrogen-bond donors (Lipinski definition) is 11. The van der Waals surface area contributed by atoms with Crippen molar-refractivity contribution in [1.29, 1.82) is 0 Å². The normalized spacial score (nSPS) is 9.54. The molecule has 0 aromatic carbocycles. The van der Waals surface area contributed by atoms with Crippen LogP contribution in [0.1, 0.15) is 32.6 Å². The zero-order valence-corrected chi connectivity index (χ0v) is 30.1. The highest BCUT2D eigenvalue weighted by Gasteiger charge is 2.32. The molecule has 0 unspecified atom stereocenters. The Labute approximate surface area is 312 Å². The first kappa shape index (κ1) is 63.6. The maximum atomic E-state index is 9.84. The Morgan fingerprint density at radius 2 is 0.778 bits per heavy atom. The van der Waals surface area contributed by atoms with Crippen LogP contribution in [0.25, 0.3) is 0 Å². The number of carboxylic acids is 5. The van der Waals surface area contributed by atoms with E-state index in [1.807, 2.05) is 0 Å². The smallest absolute Gasteiger partial charge is 0.327 e. The fourth-order valence-electron chi connectivity index (χ4n) is 1.91. The molecule has 11 N–H and O–H groups in total. The van der Waals surface area contributed by atoms with Crippen LogP contribution >= 0.6 is 0 Å². The van der Waals surface area contributed by atoms with Crippen molar-refractivity contribution in [2.75, 3.05) is 52.9 Å². The molecule has 310 valence electrons. The van der Waals surface area contributed by atoms with Crippen LogP contribution in [-0.4, -0.2) is 157 Å². The predicted molar refractivity (Wildman–Crippen MR) is 192 cm³/mol. The largest absolute Gasteiger partial charge is 0.478 e. The van der Waals surface area contributed by atoms with E-state index in [0.29, 0.717) is 6.42 Å². The van der Waals surface area contributed by atoms with Crippen molar-refractivity contribution in [2.24, 2.45) is 20.8 Å². The molecule has 0 aromatic rings. The van der Waals surface area contributed by atoms with Gasteiger partial charge in [-0.15, -0.1) is 0 Å². The molecule has 54 heavy (non-hydrogen) atoms. The number of carbonyl (C=O) groups is 5. The summed E-state index contributed by atoms with van der Waals surface area (Å²) in [5.74, 6) is -4.91. The predicted octanol–water partition coefficient (Wildman–Crippen LogP) is -0.221. The first-order valence-electron chi connectivity index (χ1n) is 14.9. The lowest BCUT2D eigenvalue weighted by Crippen LogP contribution is -2.43. The third-order valence-electron chi connectivity index (χ3n) is 5.17. The van der Waals surface area contributed by atoms with Gasteiger partial charge in [-0.2, -0.15) is 9.98 Å². The van der Waals surface area contributed by atoms with E-state index in [1.165, 1.54) is 12.2 Å². The summed E-state index contributed by atoms with van der Waals surface area (Å²) in [6.07, 6.45) is 10.0. The summed E-state index contributed by atoms with van der Waals surface area (Å²) in [5, 5.41) is 92.2. The quantitative estimate of drug-likeness (QED) is 0.0310. The van der Waals surface area contributed by atoms with Crippen molar-refractivity contribution < 1.29 is 94.5 Å². The van der Waals surface area contributed by atoms with Gasteiger partial charge in [0.15, 0.2) is 6.17 Å². The van der Waals surface area contributed by atoms with E-state index < -0.39 is 86.5 Å². The zero-order valence-electron chi connectivity index (χ0n) is 30.1. The maximum Gasteiger partial charge on any atom is 0.327 e. The van der Waals surface area contributed by atoms with Gasteiger partial charge in [0.05, 0.1) is 63.7 Å². The molecular weight excluding hydrogens is 728 g/mol. The fourth-order valence-corrected chi connectivity index (χ4v) is 1.91. The topological polar surface area (TPSA) is 376 Å². The maximum absolute atomic E-state index is 9.84. The number of unbranched alkanes of at least 4 members (excludes halogenated alkanes) is 2. The number of aliphatic hydroxyl groups excluding tert-OH is 6. The van der Waals surface area contributed by atoms with Gasteiger partial charge in [-0.3, -0.25) is 0 Å². The van der Waals surface area contributed by atoms with Crippen LogP contribution in [0.5, 0.6) is 0 Å². The van der Waals surface area contributed by atoms with Gasteiger partial charge < -0.3 is 60.9 Å². The van der Waals surface area contributed by atoms with Gasteiger partial charge in [0.1, 0.15) is 0 Å². The molecule has 21 heteroatoms. The lowest BCUT2D eigenvalue weighted by atomic mass is 9.91. The molecule has 0 aliphatic heterocycles. The average Bonchev–Trinajstić information content (AvgIpc) is 3.17. The molecule has 0 saturated carbocycles. The molecule has 0 fully saturated rings. The SMILES string of the molecule is C=CC(=O)O.C=CC(=O)O.C=CC(=O)O.C=CC(=O)O.C=CC(=O)O.CCCCCC(N=C=O)N=C=O.OCC(CO)(CO)COCC(CO)(CO)CO. The van der Waals surface area contributed by atoms with Crippen molar-refractivity contribution >= 4 is 42.0 Å². The van der Waals surface area contributed by atoms with Crippen molar-refractivity contribution in [3.05, 3.63) is 63.3 Å². The molecule has 0 bridgehead atoms. The van der Waals surface area contributed by atoms with Crippen molar-refractivity contribution in [3.63, 3.8) is 0 Å². The lowest BCUT2D eigenvalue weighted by molar-refractivity contribution is -0.132. The number of aliphatic hydroxyl groups is 6. The number of aliphatic imine (C=N–C) groups is 2. The first-order chi connectivity index (χ1) is 25.3. The molecule has 0 rings (SSSR count). The van der Waals surface area contributed by atoms with E-state index in [9.17, 15) is 33.6 Å². The zero-order chi connectivity index (χ0) is 44.0. The summed E-state index contributed by atoms with van der Waals surface area (Å²) in [4.78, 5) is 72.6. The van der Waals surface area contributed by atoms with Crippen molar-refractivity contribution in [2.45, 2.75) is 38.8 Å². The summed E-state index contributed by atoms with van der Waals surface area (Å²) in [6.45, 7) is 13.9. The minimum absolute atomic E-state index is 0.141. The van der Waals surface area contributed by atoms with E-state index in [4.69, 9.17) is 60.9 Å². The van der Waals surface area contributed by atoms with Gasteiger partial charge >= 0.3 is 29.8 Å². The Morgan fingerprint density at radius 1 is 0.556 bits per heavy atom. The number of carboxylic acid groups (broad SMARTS) is 5. The number of nitrogens with zero attached hydrogens (tertiary/aromatic N) is 2. The molecular formula is C33H54N2O19. The Morgan fingerprint density at radius 3 is 0.926 bits per heavy atom. The molecule has 0 radical (unpaired) electrons. The summed E-state index contributed by atoms with van der Waals surface area (Å²) >= 11 is 0. The Bertz CT molecular complexity index is 993. The van der Waals surface area contributed by atoms with Crippen LogP contribution in [0, 0.1) is 10.8 Å². The van der Waals surface area contributed by atoms with Crippen LogP contribution in [0.3, 0.4) is 0 Å². The number of ether oxygens (including phenoxy) is 1. The highest BCUT2D eigenvalue weighted by Crippen LogP contribution is 2.19. The summed E-state index contributed by atoms with van der Waals surface area (Å²) in [6, 6.07) is 0. The van der Waals surface area contributed by atoms with Gasteiger partial charge in [0, 0.05) is 30.4 Å². The molecule has 0 aromatic heterocycles. The van der Waals surface area contributed by atoms with Crippen LogP contribution in [0.15, 0.2) is 73.3 Å². The molecule has 0 aliphatic rings. The monoisotopic (exact) mass is 782 g/mol. The highest BCUT2D eigenvalue weighted by atomic mass is 16.5. The Hall–Kier alpha value is -5.47. The Kier molecular flexibility index (Phi) is 55.9. The van der Waals surface area contributed by atoms with Gasteiger partial charge in [-0.05, 0) is 12.8 Å². The number of rotatable bonds is 21. The van der Waals surface area contributed by atoms with Crippen molar-refractivity contribution in [1.82, 2.24) is 0 Å². The van der Waals surface area contributed by atoms with Gasteiger partial charge in [0.2, 0.25) is 12.2 Å². The van der Waals surface area contributed by atoms with Crippen LogP contribution in [0.4, 0.5) is 0 Å². The van der Waals surface area contributed by atoms with E-state index in [2.05, 4.69) is 49.8 Å².